The van der Waals surface area contributed by atoms with Crippen molar-refractivity contribution in [3.63, 3.8) is 0 Å². The third kappa shape index (κ3) is 6.14. The van der Waals surface area contributed by atoms with Crippen molar-refractivity contribution in [3.8, 4) is 11.5 Å². The Bertz CT molecular complexity index is 651. The number of likely N-dealkylation sites (tertiary alicyclic amines) is 1. The lowest BCUT2D eigenvalue weighted by molar-refractivity contribution is 0.313. The van der Waals surface area contributed by atoms with Crippen LogP contribution in [0, 0.1) is 5.92 Å². The summed E-state index contributed by atoms with van der Waals surface area (Å²) in [5.41, 5.74) is 1.23. The van der Waals surface area contributed by atoms with Gasteiger partial charge in [0.05, 0.1) is 14.2 Å². The van der Waals surface area contributed by atoms with E-state index in [1.807, 2.05) is 19.2 Å². The van der Waals surface area contributed by atoms with Crippen LogP contribution in [0.1, 0.15) is 24.8 Å². The molecule has 6 nitrogen and oxygen atoms in total. The molecule has 1 atom stereocenters. The van der Waals surface area contributed by atoms with Crippen LogP contribution in [0.15, 0.2) is 23.2 Å². The summed E-state index contributed by atoms with van der Waals surface area (Å²) in [6.45, 7) is 4.42. The maximum absolute atomic E-state index is 5.40. The van der Waals surface area contributed by atoms with E-state index in [0.29, 0.717) is 0 Å². The van der Waals surface area contributed by atoms with E-state index in [9.17, 15) is 0 Å². The molecule has 7 heteroatoms. The Kier molecular flexibility index (Phi) is 9.14. The Morgan fingerprint density at radius 1 is 1.21 bits per heavy atom. The largest absolute Gasteiger partial charge is 0.493 e. The fourth-order valence-electron chi connectivity index (χ4n) is 3.86. The second-order valence-corrected chi connectivity index (χ2v) is 7.67. The lowest BCUT2D eigenvalue weighted by Crippen LogP contribution is -2.42. The van der Waals surface area contributed by atoms with E-state index in [-0.39, 0.29) is 24.0 Å². The van der Waals surface area contributed by atoms with Crippen LogP contribution >= 0.6 is 24.0 Å². The van der Waals surface area contributed by atoms with Crippen LogP contribution in [0.2, 0.25) is 0 Å². The smallest absolute Gasteiger partial charge is 0.193 e. The molecule has 1 aliphatic heterocycles. The Labute approximate surface area is 186 Å². The predicted octanol–water partition coefficient (Wildman–Crippen LogP) is 2.86. The van der Waals surface area contributed by atoms with E-state index in [0.717, 1.165) is 48.9 Å². The van der Waals surface area contributed by atoms with Gasteiger partial charge in [-0.25, -0.2) is 0 Å². The van der Waals surface area contributed by atoms with Crippen LogP contribution in [0.25, 0.3) is 0 Å². The number of hydrogen-bond acceptors (Lipinski definition) is 4. The first-order chi connectivity index (χ1) is 13.1. The second-order valence-electron chi connectivity index (χ2n) is 7.67. The fourth-order valence-corrected chi connectivity index (χ4v) is 3.86. The van der Waals surface area contributed by atoms with Crippen molar-refractivity contribution in [2.75, 3.05) is 54.5 Å². The number of benzene rings is 1. The van der Waals surface area contributed by atoms with Crippen LogP contribution in [-0.4, -0.2) is 76.3 Å². The lowest BCUT2D eigenvalue weighted by atomic mass is 10.1. The van der Waals surface area contributed by atoms with Gasteiger partial charge in [-0.3, -0.25) is 4.99 Å². The molecule has 0 radical (unpaired) electrons. The average molecular weight is 502 g/mol. The van der Waals surface area contributed by atoms with Crippen molar-refractivity contribution in [2.24, 2.45) is 10.9 Å². The number of nitrogens with one attached hydrogen (secondary N) is 1. The monoisotopic (exact) mass is 502 g/mol. The van der Waals surface area contributed by atoms with Crippen molar-refractivity contribution < 1.29 is 9.47 Å². The summed E-state index contributed by atoms with van der Waals surface area (Å²) in [5, 5.41) is 3.57. The highest BCUT2D eigenvalue weighted by Gasteiger charge is 2.34. The molecular formula is C21H35IN4O2. The Balaban J connectivity index is 0.00000280. The SMILES string of the molecule is CN=C(NCC1CCN(C2CC2)C1)N(C)CCc1ccc(OC)c(OC)c1.I. The third-order valence-electron chi connectivity index (χ3n) is 5.69. The average Bonchev–Trinajstić information content (AvgIpc) is 3.45. The van der Waals surface area contributed by atoms with Crippen molar-refractivity contribution >= 4 is 29.9 Å². The molecule has 1 saturated carbocycles. The van der Waals surface area contributed by atoms with Gasteiger partial charge in [0, 0.05) is 39.8 Å². The second kappa shape index (κ2) is 11.1. The van der Waals surface area contributed by atoms with Gasteiger partial charge in [-0.15, -0.1) is 24.0 Å². The third-order valence-corrected chi connectivity index (χ3v) is 5.69. The highest BCUT2D eigenvalue weighted by atomic mass is 127. The number of rotatable bonds is 8. The number of aliphatic imine (C=N–C) groups is 1. The summed E-state index contributed by atoms with van der Waals surface area (Å²) >= 11 is 0. The van der Waals surface area contributed by atoms with Crippen molar-refractivity contribution in [3.05, 3.63) is 23.8 Å². The van der Waals surface area contributed by atoms with Crippen LogP contribution in [0.3, 0.4) is 0 Å². The number of hydrogen-bond donors (Lipinski definition) is 1. The number of methoxy groups -OCH3 is 2. The molecule has 2 aliphatic rings. The quantitative estimate of drug-likeness (QED) is 0.337. The molecule has 158 valence electrons. The molecule has 0 bridgehead atoms. The molecule has 1 aliphatic carbocycles. The summed E-state index contributed by atoms with van der Waals surface area (Å²) in [7, 11) is 7.30. The molecule has 0 amide bonds. The molecule has 1 aromatic carbocycles. The maximum Gasteiger partial charge on any atom is 0.193 e. The molecule has 0 aromatic heterocycles. The first-order valence-corrected chi connectivity index (χ1v) is 10.0. The molecule has 1 unspecified atom stereocenters. The van der Waals surface area contributed by atoms with Crippen LogP contribution < -0.4 is 14.8 Å². The van der Waals surface area contributed by atoms with Gasteiger partial charge in [-0.05, 0) is 55.8 Å². The summed E-state index contributed by atoms with van der Waals surface area (Å²) in [6, 6.07) is 7.00. The van der Waals surface area contributed by atoms with E-state index >= 15 is 0 Å². The Morgan fingerprint density at radius 3 is 2.61 bits per heavy atom. The van der Waals surface area contributed by atoms with E-state index in [2.05, 4.69) is 33.2 Å². The van der Waals surface area contributed by atoms with Crippen LogP contribution in [0.4, 0.5) is 0 Å². The summed E-state index contributed by atoms with van der Waals surface area (Å²) in [5.74, 6) is 3.26. The van der Waals surface area contributed by atoms with Gasteiger partial charge in [0.2, 0.25) is 0 Å². The summed E-state index contributed by atoms with van der Waals surface area (Å²) in [6.07, 6.45) is 5.04. The Hall–Kier alpha value is -1.22. The number of likely N-dealkylation sites (N-methyl/N-ethyl adjacent to an activating group) is 1. The first-order valence-electron chi connectivity index (χ1n) is 10.0. The molecule has 1 saturated heterocycles. The summed E-state index contributed by atoms with van der Waals surface area (Å²) in [4.78, 5) is 9.32. The van der Waals surface area contributed by atoms with Crippen molar-refractivity contribution in [1.29, 1.82) is 0 Å². The predicted molar refractivity (Wildman–Crippen MR) is 125 cm³/mol. The molecule has 2 fully saturated rings. The summed E-state index contributed by atoms with van der Waals surface area (Å²) < 4.78 is 10.7. The van der Waals surface area contributed by atoms with Gasteiger partial charge in [-0.1, -0.05) is 6.07 Å². The Morgan fingerprint density at radius 2 is 1.96 bits per heavy atom. The zero-order chi connectivity index (χ0) is 19.2. The molecular weight excluding hydrogens is 467 g/mol. The first kappa shape index (κ1) is 23.1. The fraction of sp³-hybridized carbons (Fsp3) is 0.667. The number of guanidine groups is 1. The molecule has 1 N–H and O–H groups in total. The van der Waals surface area contributed by atoms with Gasteiger partial charge >= 0.3 is 0 Å². The topological polar surface area (TPSA) is 49.3 Å². The molecule has 0 spiro atoms. The number of nitrogens with zero attached hydrogens (tertiary/aromatic N) is 3. The minimum atomic E-state index is 0. The highest BCUT2D eigenvalue weighted by molar-refractivity contribution is 14.0. The van der Waals surface area contributed by atoms with Crippen molar-refractivity contribution in [2.45, 2.75) is 31.7 Å². The van der Waals surface area contributed by atoms with E-state index in [1.165, 1.54) is 37.9 Å². The van der Waals surface area contributed by atoms with Crippen LogP contribution in [-0.2, 0) is 6.42 Å². The number of halogens is 1. The molecule has 1 heterocycles. The molecule has 3 rings (SSSR count). The standard InChI is InChI=1S/C21H34N4O2.HI/c1-22-21(23-14-17-10-12-25(15-17)18-6-7-18)24(2)11-9-16-5-8-19(26-3)20(13-16)27-4;/h5,8,13,17-18H,6-7,9-12,14-15H2,1-4H3,(H,22,23);1H. The number of ether oxygens (including phenoxy) is 2. The molecule has 1 aromatic rings. The van der Waals surface area contributed by atoms with E-state index in [1.54, 1.807) is 14.2 Å². The lowest BCUT2D eigenvalue weighted by Gasteiger charge is -2.24. The zero-order valence-corrected chi connectivity index (χ0v) is 19.9. The van der Waals surface area contributed by atoms with Crippen molar-refractivity contribution in [1.82, 2.24) is 15.1 Å². The zero-order valence-electron chi connectivity index (χ0n) is 17.6. The highest BCUT2D eigenvalue weighted by Crippen LogP contribution is 2.31. The maximum atomic E-state index is 5.40. The van der Waals surface area contributed by atoms with Gasteiger partial charge in [-0.2, -0.15) is 0 Å². The van der Waals surface area contributed by atoms with Gasteiger partial charge in [0.1, 0.15) is 0 Å². The van der Waals surface area contributed by atoms with Crippen LogP contribution in [0.5, 0.6) is 11.5 Å². The minimum Gasteiger partial charge on any atom is -0.493 e. The minimum absolute atomic E-state index is 0. The van der Waals surface area contributed by atoms with Gasteiger partial charge in [0.15, 0.2) is 17.5 Å². The van der Waals surface area contributed by atoms with Gasteiger partial charge in [0.25, 0.3) is 0 Å². The van der Waals surface area contributed by atoms with E-state index in [4.69, 9.17) is 9.47 Å². The normalized spacial score (nSPS) is 19.9. The van der Waals surface area contributed by atoms with Gasteiger partial charge < -0.3 is 24.6 Å². The molecule has 28 heavy (non-hydrogen) atoms. The van der Waals surface area contributed by atoms with E-state index < -0.39 is 0 Å².